The predicted molar refractivity (Wildman–Crippen MR) is 225 cm³/mol. The van der Waals surface area contributed by atoms with Gasteiger partial charge in [0, 0.05) is 37.5 Å². The molecule has 4 aliphatic carbocycles. The summed E-state index contributed by atoms with van der Waals surface area (Å²) >= 11 is 0. The Labute approximate surface area is 358 Å². The van der Waals surface area contributed by atoms with Crippen LogP contribution < -0.4 is 10.5 Å². The van der Waals surface area contributed by atoms with Gasteiger partial charge in [0.2, 0.25) is 0 Å². The molecular weight excluding hydrogens is 803 g/mol. The minimum atomic E-state index is -2.74. The van der Waals surface area contributed by atoms with Crippen molar-refractivity contribution in [1.82, 2.24) is 19.5 Å². The highest BCUT2D eigenvalue weighted by atomic mass is 16.5. The Hall–Kier alpha value is -5.67. The number of imidazole rings is 1. The summed E-state index contributed by atoms with van der Waals surface area (Å²) < 4.78 is 7.36. The molecule has 8 rings (SSSR count). The van der Waals surface area contributed by atoms with Crippen LogP contribution in [0.15, 0.2) is 64.5 Å². The number of rotatable bonds is 9. The molecule has 2 saturated carbocycles. The van der Waals surface area contributed by atoms with E-state index in [9.17, 15) is 29.1 Å². The van der Waals surface area contributed by atoms with Crippen LogP contribution in [0.2, 0.25) is 0 Å². The lowest BCUT2D eigenvalue weighted by atomic mass is 9.51. The van der Waals surface area contributed by atoms with Crippen molar-refractivity contribution in [3.05, 3.63) is 75.6 Å². The first-order valence-corrected chi connectivity index (χ1v) is 20.8. The van der Waals surface area contributed by atoms with Gasteiger partial charge in [-0.05, 0) is 105 Å². The number of aliphatic hydroxyl groups excluding tert-OH is 1. The van der Waals surface area contributed by atoms with Crippen LogP contribution in [0.3, 0.4) is 0 Å². The second kappa shape index (κ2) is 18.4. The largest absolute Gasteiger partial charge is 0.481 e. The van der Waals surface area contributed by atoms with E-state index in [0.717, 1.165) is 51.4 Å². The summed E-state index contributed by atoms with van der Waals surface area (Å²) in [6.45, 7) is 4.16. The number of ether oxygens (including phenoxy) is 1. The zero-order valence-electron chi connectivity index (χ0n) is 35.3. The van der Waals surface area contributed by atoms with Crippen LogP contribution in [0.1, 0.15) is 102 Å². The van der Waals surface area contributed by atoms with Gasteiger partial charge in [0.25, 0.3) is 5.56 Å². The first kappa shape index (κ1) is 45.8. The normalized spacial score (nSPS) is 27.5. The number of aromatic nitrogens is 4. The average Bonchev–Trinajstić information content (AvgIpc) is 3.94. The highest BCUT2D eigenvalue weighted by molar-refractivity contribution is 5.93. The Morgan fingerprint density at radius 3 is 2.29 bits per heavy atom. The zero-order chi connectivity index (χ0) is 45.1. The van der Waals surface area contributed by atoms with Crippen LogP contribution in [-0.2, 0) is 23.9 Å². The molecule has 17 heteroatoms. The number of carboxylic acid groups (broad SMARTS) is 3. The summed E-state index contributed by atoms with van der Waals surface area (Å²) in [6, 6.07) is 8.97. The molecule has 5 aliphatic rings. The molecule has 3 fully saturated rings. The van der Waals surface area contributed by atoms with Gasteiger partial charge in [0.15, 0.2) is 22.5 Å². The third kappa shape index (κ3) is 9.10. The molecule has 0 radical (unpaired) electrons. The Morgan fingerprint density at radius 2 is 1.69 bits per heavy atom. The summed E-state index contributed by atoms with van der Waals surface area (Å²) in [5.41, 5.74) is 3.54. The summed E-state index contributed by atoms with van der Waals surface area (Å²) in [5.74, 6) is 2.74. The molecule has 0 amide bonds. The van der Waals surface area contributed by atoms with E-state index in [1.54, 1.807) is 16.5 Å². The van der Waals surface area contributed by atoms with Crippen molar-refractivity contribution in [1.29, 1.82) is 0 Å². The van der Waals surface area contributed by atoms with Gasteiger partial charge < -0.3 is 45.3 Å². The van der Waals surface area contributed by atoms with E-state index in [-0.39, 0.29) is 41.6 Å². The van der Waals surface area contributed by atoms with Crippen molar-refractivity contribution in [2.75, 3.05) is 25.6 Å². The van der Waals surface area contributed by atoms with Gasteiger partial charge in [-0.15, -0.1) is 5.92 Å². The van der Waals surface area contributed by atoms with E-state index in [4.69, 9.17) is 30.3 Å². The highest BCUT2D eigenvalue weighted by Crippen LogP contribution is 2.66. The van der Waals surface area contributed by atoms with Crippen molar-refractivity contribution < 1.29 is 54.6 Å². The fourth-order valence-corrected chi connectivity index (χ4v) is 10.2. The topological polar surface area (TPSA) is 266 Å². The molecule has 0 spiro atoms. The summed E-state index contributed by atoms with van der Waals surface area (Å²) in [7, 11) is 4.14. The monoisotopic (exact) mass is 857 g/mol. The minimum Gasteiger partial charge on any atom is -0.481 e. The maximum atomic E-state index is 12.2. The Bertz CT molecular complexity index is 2370. The van der Waals surface area contributed by atoms with E-state index in [1.165, 1.54) is 28.7 Å². The first-order chi connectivity index (χ1) is 29.3. The number of nitrogens with one attached hydrogen (secondary N) is 1. The number of anilines is 1. The van der Waals surface area contributed by atoms with Gasteiger partial charge in [-0.25, -0.2) is 14.8 Å². The number of nitrogens with zero attached hydrogens (tertiary/aromatic N) is 4. The lowest BCUT2D eigenvalue weighted by Crippen LogP contribution is -2.51. The van der Waals surface area contributed by atoms with E-state index in [2.05, 4.69) is 77.0 Å². The molecule has 1 aromatic carbocycles. The minimum absolute atomic E-state index is 0.0111. The molecule has 3 aromatic rings. The molecule has 7 atom stereocenters. The number of fused-ring (bicyclic) bond motifs is 5. The number of H-pyrrole nitrogens is 1. The van der Waals surface area contributed by atoms with Crippen LogP contribution in [0, 0.1) is 29.1 Å². The number of aromatic amines is 1. The smallest absolute Gasteiger partial charge is 0.336 e. The summed E-state index contributed by atoms with van der Waals surface area (Å²) in [6.07, 6.45) is 10.1. The maximum Gasteiger partial charge on any atom is 0.336 e. The van der Waals surface area contributed by atoms with Crippen LogP contribution in [-0.4, -0.2) is 112 Å². The van der Waals surface area contributed by atoms with Gasteiger partial charge in [0.1, 0.15) is 11.8 Å². The van der Waals surface area contributed by atoms with Crippen LogP contribution in [0.4, 0.5) is 5.69 Å². The Balaban J connectivity index is 0.000000179. The molecule has 1 saturated heterocycles. The first-order valence-electron chi connectivity index (χ1n) is 20.8. The van der Waals surface area contributed by atoms with Crippen LogP contribution in [0.5, 0.6) is 0 Å². The van der Waals surface area contributed by atoms with Crippen LogP contribution >= 0.6 is 0 Å². The van der Waals surface area contributed by atoms with E-state index < -0.39 is 42.0 Å². The Morgan fingerprint density at radius 1 is 1.00 bits per heavy atom. The fourth-order valence-electron chi connectivity index (χ4n) is 10.2. The molecule has 7 N–H and O–H groups in total. The number of hydrogen-bond acceptors (Lipinski definition) is 12. The number of ketones is 1. The number of benzene rings is 1. The van der Waals surface area contributed by atoms with Gasteiger partial charge in [-0.2, -0.15) is 0 Å². The van der Waals surface area contributed by atoms with E-state index in [1.807, 2.05) is 13.0 Å². The van der Waals surface area contributed by atoms with Crippen molar-refractivity contribution in [3.63, 3.8) is 0 Å². The lowest BCUT2D eigenvalue weighted by Gasteiger charge is -2.53. The third-order valence-corrected chi connectivity index (χ3v) is 13.3. The molecule has 17 nitrogen and oxygen atoms in total. The van der Waals surface area contributed by atoms with Crippen molar-refractivity contribution >= 4 is 40.5 Å². The molecule has 0 bridgehead atoms. The van der Waals surface area contributed by atoms with Crippen molar-refractivity contribution in [2.24, 2.45) is 17.3 Å². The number of hydrogen-bond donors (Lipinski definition) is 7. The molecule has 1 aliphatic heterocycles. The van der Waals surface area contributed by atoms with Crippen molar-refractivity contribution in [2.45, 2.75) is 114 Å². The Kier molecular flexibility index (Phi) is 13.6. The van der Waals surface area contributed by atoms with Gasteiger partial charge in [0.05, 0.1) is 38.2 Å². The second-order valence-corrected chi connectivity index (χ2v) is 17.3. The van der Waals surface area contributed by atoms with Gasteiger partial charge >= 0.3 is 17.9 Å². The van der Waals surface area contributed by atoms with E-state index >= 15 is 0 Å². The number of allylic oxidation sites excluding steroid dienone is 4. The summed E-state index contributed by atoms with van der Waals surface area (Å²) in [5, 5.41) is 54.6. The number of aliphatic carboxylic acids is 3. The zero-order valence-corrected chi connectivity index (χ0v) is 35.3. The fraction of sp³-hybridized carbons (Fsp3) is 0.533. The standard InChI is InChI=1S/C29H35NO2.C10H12N4O3.C6H8O7/c1-5-15-29(32)16-14-26-24-12-8-20-17-22(31)11-13-23(20)27(24)25(18-28(26,29)2)19-6-9-21(10-7-19)30(3)4;15-3-6-1-2-7(17-6)14-5-13-8-9(14)11-4-12-10(8)16;7-3(8)1-6(13,5(11)12)2-4(9)10/h6-7,9-10,17,24-26,32H,8,11-14,16,18H2,1-4H3;4-7,15H,1-3H2,(H,11,12,16);13H,1-2H2,(H,7,8)(H,9,10)(H,11,12)/t24-,25+,26-,28-,29-;6-,7+;/m00./s1. The predicted octanol–water partition coefficient (Wildman–Crippen LogP) is 3.95. The van der Waals surface area contributed by atoms with Gasteiger partial charge in [-0.1, -0.05) is 30.6 Å². The summed E-state index contributed by atoms with van der Waals surface area (Å²) in [4.78, 5) is 66.9. The van der Waals surface area contributed by atoms with Gasteiger partial charge in [-0.3, -0.25) is 23.7 Å². The lowest BCUT2D eigenvalue weighted by molar-refractivity contribution is -0.170. The molecule has 0 unspecified atom stereocenters. The van der Waals surface area contributed by atoms with E-state index in [0.29, 0.717) is 29.4 Å². The molecule has 3 heterocycles. The highest BCUT2D eigenvalue weighted by Gasteiger charge is 2.62. The number of aliphatic hydroxyl groups is 3. The number of carbonyl (C=O) groups is 4. The van der Waals surface area contributed by atoms with Crippen molar-refractivity contribution in [3.8, 4) is 11.8 Å². The second-order valence-electron chi connectivity index (χ2n) is 17.3. The quantitative estimate of drug-likeness (QED) is 0.150. The average molecular weight is 858 g/mol. The maximum absolute atomic E-state index is 12.2. The third-order valence-electron chi connectivity index (χ3n) is 13.3. The SMILES string of the molecule is CC#C[C@]1(O)CC[C@H]2[C@@H]3CCC4=CC(=O)CCC4=C3[C@@H](c3ccc(N(C)C)cc3)C[C@@]21C.O=C(O)CC(O)(CC(=O)O)C(=O)O.O=c1[nH]cnc2c1ncn2[C@H]1CC[C@@H](CO)O1. The molecule has 62 heavy (non-hydrogen) atoms. The number of carboxylic acids is 3. The molecule has 2 aromatic heterocycles. The van der Waals surface area contributed by atoms with Crippen LogP contribution in [0.25, 0.3) is 11.2 Å². The molecule has 332 valence electrons. The molecular formula is C45H55N5O12. The number of carbonyl (C=O) groups excluding carboxylic acids is 1.